The maximum absolute atomic E-state index is 14.9. The second-order valence-electron chi connectivity index (χ2n) is 10.1. The minimum atomic E-state index is -1.23. The van der Waals surface area contributed by atoms with E-state index in [4.69, 9.17) is 25.8 Å². The highest BCUT2D eigenvalue weighted by Crippen LogP contribution is 2.37. The first kappa shape index (κ1) is 27.3. The van der Waals surface area contributed by atoms with Gasteiger partial charge in [-0.15, -0.1) is 0 Å². The molecule has 1 saturated heterocycles. The summed E-state index contributed by atoms with van der Waals surface area (Å²) in [6.45, 7) is 8.65. The Labute approximate surface area is 220 Å². The molecule has 3 heterocycles. The molecule has 2 amide bonds. The quantitative estimate of drug-likeness (QED) is 0.225. The van der Waals surface area contributed by atoms with E-state index in [1.807, 2.05) is 0 Å². The number of benzene rings is 1. The van der Waals surface area contributed by atoms with Gasteiger partial charge < -0.3 is 29.4 Å². The monoisotopic (exact) mass is 552 g/mol. The number of anilines is 1. The number of amides is 2. The minimum Gasteiger partial charge on any atom is -0.450 e. The smallest absolute Gasteiger partial charge is 0.319 e. The maximum Gasteiger partial charge on any atom is 0.319 e. The summed E-state index contributed by atoms with van der Waals surface area (Å²) >= 11 is 6.43. The van der Waals surface area contributed by atoms with Crippen LogP contribution in [0.1, 0.15) is 12.8 Å². The molecule has 0 radical (unpaired) electrons. The summed E-state index contributed by atoms with van der Waals surface area (Å²) < 4.78 is 48.3. The van der Waals surface area contributed by atoms with Crippen molar-refractivity contribution in [2.24, 2.45) is 0 Å². The Hall–Kier alpha value is -2.73. The van der Waals surface area contributed by atoms with E-state index in [0.717, 1.165) is 31.0 Å². The summed E-state index contributed by atoms with van der Waals surface area (Å²) in [5.74, 6) is -2.44. The van der Waals surface area contributed by atoms with Crippen molar-refractivity contribution in [3.63, 3.8) is 0 Å². The van der Waals surface area contributed by atoms with Crippen LogP contribution < -0.4 is 15.4 Å². The van der Waals surface area contributed by atoms with E-state index >= 15 is 0 Å². The molecule has 12 heteroatoms. The predicted molar refractivity (Wildman–Crippen MR) is 141 cm³/mol. The van der Waals surface area contributed by atoms with Crippen molar-refractivity contribution in [1.29, 1.82) is 0 Å². The molecule has 1 aromatic carbocycles. The molecule has 2 aromatic heterocycles. The average Bonchev–Trinajstić information content (AvgIpc) is 3.45. The van der Waals surface area contributed by atoms with Gasteiger partial charge in [0.1, 0.15) is 18.1 Å². The number of rotatable bonds is 10. The van der Waals surface area contributed by atoms with Crippen molar-refractivity contribution < 1.29 is 27.8 Å². The zero-order valence-electron chi connectivity index (χ0n) is 21.1. The van der Waals surface area contributed by atoms with Crippen molar-refractivity contribution in [2.45, 2.75) is 51.4 Å². The van der Waals surface area contributed by atoms with Gasteiger partial charge in [-0.25, -0.2) is 18.6 Å². The van der Waals surface area contributed by atoms with Crippen molar-refractivity contribution in [2.75, 3.05) is 25.1 Å². The molecule has 1 aliphatic heterocycles. The number of nitrogens with zero attached hydrogens (tertiary/aromatic N) is 2. The number of carbonyl (C=O) groups is 1. The van der Waals surface area contributed by atoms with Crippen LogP contribution in [0.2, 0.25) is 30.7 Å². The number of aromatic nitrogens is 2. The number of halogens is 3. The number of fused-ring (bicyclic) bond motifs is 1. The third-order valence-corrected chi connectivity index (χ3v) is 7.87. The zero-order chi connectivity index (χ0) is 26.6. The third-order valence-electron chi connectivity index (χ3n) is 5.88. The van der Waals surface area contributed by atoms with Crippen molar-refractivity contribution >= 4 is 42.4 Å². The lowest BCUT2D eigenvalue weighted by Crippen LogP contribution is -2.35. The van der Waals surface area contributed by atoms with Crippen LogP contribution in [-0.2, 0) is 16.2 Å². The second-order valence-corrected chi connectivity index (χ2v) is 16.2. The van der Waals surface area contributed by atoms with Gasteiger partial charge in [-0.2, -0.15) is 0 Å². The Morgan fingerprint density at radius 3 is 2.73 bits per heavy atom. The number of hydrogen-bond donors (Lipinski definition) is 2. The van der Waals surface area contributed by atoms with Crippen LogP contribution in [0, 0.1) is 11.6 Å². The van der Waals surface area contributed by atoms with E-state index in [0.29, 0.717) is 35.8 Å². The fourth-order valence-corrected chi connectivity index (χ4v) is 4.94. The topological polar surface area (TPSA) is 86.6 Å². The largest absolute Gasteiger partial charge is 0.450 e. The molecule has 0 spiro atoms. The molecule has 1 fully saturated rings. The normalized spacial score (nSPS) is 15.8. The Bertz CT molecular complexity index is 1240. The molecule has 4 rings (SSSR count). The van der Waals surface area contributed by atoms with Crippen LogP contribution >= 0.6 is 11.6 Å². The number of pyridine rings is 1. The lowest BCUT2D eigenvalue weighted by atomic mass is 10.2. The molecular formula is C25H31ClF2N4O4Si. The summed E-state index contributed by atoms with van der Waals surface area (Å²) in [7, 11) is -1.23. The molecule has 2 N–H and O–H groups in total. The van der Waals surface area contributed by atoms with Gasteiger partial charge in [0.2, 0.25) is 0 Å². The van der Waals surface area contributed by atoms with Gasteiger partial charge in [0.15, 0.2) is 17.4 Å². The Balaban J connectivity index is 1.45. The molecule has 1 aliphatic rings. The second kappa shape index (κ2) is 11.8. The van der Waals surface area contributed by atoms with Gasteiger partial charge in [-0.1, -0.05) is 31.2 Å². The molecule has 1 atom stereocenters. The zero-order valence-corrected chi connectivity index (χ0v) is 22.8. The summed E-state index contributed by atoms with van der Waals surface area (Å²) in [6.07, 6.45) is 4.87. The maximum atomic E-state index is 14.9. The number of ether oxygens (including phenoxy) is 3. The highest BCUT2D eigenvalue weighted by molar-refractivity contribution is 6.76. The summed E-state index contributed by atoms with van der Waals surface area (Å²) in [4.78, 5) is 16.5. The van der Waals surface area contributed by atoms with E-state index in [9.17, 15) is 13.6 Å². The summed E-state index contributed by atoms with van der Waals surface area (Å²) in [5, 5.41) is 5.79. The first-order valence-corrected chi connectivity index (χ1v) is 16.2. The number of carbonyl (C=O) groups excluding carboxylic acids is 1. The molecule has 0 aliphatic carbocycles. The predicted octanol–water partition coefficient (Wildman–Crippen LogP) is 6.37. The standard InChI is InChI=1S/C25H31ClF2N4O4Si/c1-37(2,3)10-9-34-15-32-14-18(26)22-21(6-7-29-24(22)32)36-23-19(27)11-16(12-20(23)28)31-25(33)30-13-17-5-4-8-35-17/h6-7,11-12,14,17H,4-5,8-10,13,15H2,1-3H3,(H2,30,31,33). The van der Waals surface area contributed by atoms with Crippen LogP contribution in [0.15, 0.2) is 30.6 Å². The van der Waals surface area contributed by atoms with Crippen LogP contribution in [0.25, 0.3) is 11.0 Å². The van der Waals surface area contributed by atoms with Crippen LogP contribution in [0.3, 0.4) is 0 Å². The molecule has 1 unspecified atom stereocenters. The molecule has 8 nitrogen and oxygen atoms in total. The Morgan fingerprint density at radius 1 is 1.30 bits per heavy atom. The highest BCUT2D eigenvalue weighted by atomic mass is 35.5. The molecule has 200 valence electrons. The number of nitrogens with one attached hydrogen (secondary N) is 2. The lowest BCUT2D eigenvalue weighted by molar-refractivity contribution is 0.0899. The fraction of sp³-hybridized carbons (Fsp3) is 0.440. The van der Waals surface area contributed by atoms with Crippen LogP contribution in [0.4, 0.5) is 19.3 Å². The molecule has 37 heavy (non-hydrogen) atoms. The van der Waals surface area contributed by atoms with E-state index < -0.39 is 31.5 Å². The van der Waals surface area contributed by atoms with Crippen molar-refractivity contribution in [3.8, 4) is 11.5 Å². The van der Waals surface area contributed by atoms with E-state index in [2.05, 4.69) is 35.3 Å². The summed E-state index contributed by atoms with van der Waals surface area (Å²) in [6, 6.07) is 3.89. The molecule has 0 saturated carbocycles. The fourth-order valence-electron chi connectivity index (χ4n) is 3.89. The van der Waals surface area contributed by atoms with Gasteiger partial charge >= 0.3 is 6.03 Å². The molecule has 3 aromatic rings. The first-order valence-electron chi connectivity index (χ1n) is 12.1. The lowest BCUT2D eigenvalue weighted by Gasteiger charge is -2.15. The number of hydrogen-bond acceptors (Lipinski definition) is 5. The van der Waals surface area contributed by atoms with E-state index in [1.165, 1.54) is 12.3 Å². The SMILES string of the molecule is C[Si](C)(C)CCOCn1cc(Cl)c2c(Oc3c(F)cc(NC(=O)NCC4CCCO4)cc3F)ccnc21. The summed E-state index contributed by atoms with van der Waals surface area (Å²) in [5.41, 5.74) is 0.421. The van der Waals surface area contributed by atoms with E-state index in [-0.39, 0.29) is 24.3 Å². The third kappa shape index (κ3) is 7.19. The molecular weight excluding hydrogens is 522 g/mol. The first-order chi connectivity index (χ1) is 17.6. The van der Waals surface area contributed by atoms with Gasteiger partial charge in [-0.05, 0) is 25.0 Å². The van der Waals surface area contributed by atoms with Gasteiger partial charge in [-0.3, -0.25) is 0 Å². The van der Waals surface area contributed by atoms with Crippen molar-refractivity contribution in [3.05, 3.63) is 47.2 Å². The highest BCUT2D eigenvalue weighted by Gasteiger charge is 2.20. The number of urea groups is 1. The minimum absolute atomic E-state index is 0.0493. The van der Waals surface area contributed by atoms with E-state index in [1.54, 1.807) is 10.8 Å². The van der Waals surface area contributed by atoms with Gasteiger partial charge in [0.25, 0.3) is 0 Å². The molecule has 0 bridgehead atoms. The van der Waals surface area contributed by atoms with Gasteiger partial charge in [0, 0.05) is 58.0 Å². The van der Waals surface area contributed by atoms with Crippen molar-refractivity contribution in [1.82, 2.24) is 14.9 Å². The Morgan fingerprint density at radius 2 is 2.05 bits per heavy atom. The van der Waals surface area contributed by atoms with Crippen LogP contribution in [-0.4, -0.2) is 49.5 Å². The van der Waals surface area contributed by atoms with Gasteiger partial charge in [0.05, 0.1) is 16.5 Å². The van der Waals surface area contributed by atoms with Crippen LogP contribution in [0.5, 0.6) is 11.5 Å². The Kier molecular flexibility index (Phi) is 8.68. The average molecular weight is 553 g/mol.